The molecule has 0 fully saturated rings. The smallest absolute Gasteiger partial charge is 0.206 e. The summed E-state index contributed by atoms with van der Waals surface area (Å²) in [6.45, 7) is 0. The Kier molecular flexibility index (Phi) is 3.71. The lowest BCUT2D eigenvalue weighted by Crippen LogP contribution is -2.03. The van der Waals surface area contributed by atoms with Gasteiger partial charge in [-0.1, -0.05) is 23.2 Å². The van der Waals surface area contributed by atoms with Crippen LogP contribution < -0.4 is 5.73 Å². The summed E-state index contributed by atoms with van der Waals surface area (Å²) in [5, 5.41) is 0.120. The Hall–Kier alpha value is -1.12. The lowest BCUT2D eigenvalue weighted by atomic mass is 10.2. The molecular weight excluding hydrogens is 434 g/mol. The highest BCUT2D eigenvalue weighted by Crippen LogP contribution is 2.35. The molecule has 0 amide bonds. The summed E-state index contributed by atoms with van der Waals surface area (Å²) in [6.07, 6.45) is 0. The lowest BCUT2D eigenvalue weighted by Gasteiger charge is -2.11. The van der Waals surface area contributed by atoms with Crippen molar-refractivity contribution < 1.29 is 8.78 Å². The summed E-state index contributed by atoms with van der Waals surface area (Å²) in [6, 6.07) is 5.06. The van der Waals surface area contributed by atoms with Gasteiger partial charge >= 0.3 is 0 Å². The molecule has 0 aliphatic rings. The maximum atomic E-state index is 13.8. The Bertz CT molecular complexity index is 856. The number of imidazole rings is 1. The third kappa shape index (κ3) is 2.45. The highest BCUT2D eigenvalue weighted by atomic mass is 127. The predicted molar refractivity (Wildman–Crippen MR) is 88.1 cm³/mol. The molecule has 1 heterocycles. The number of fused-ring (bicyclic) bond motifs is 1. The van der Waals surface area contributed by atoms with Crippen LogP contribution in [0.25, 0.3) is 16.7 Å². The van der Waals surface area contributed by atoms with Crippen molar-refractivity contribution in [2.24, 2.45) is 0 Å². The van der Waals surface area contributed by atoms with Crippen LogP contribution in [0.2, 0.25) is 10.0 Å². The number of anilines is 1. The first kappa shape index (κ1) is 14.8. The Morgan fingerprint density at radius 3 is 2.33 bits per heavy atom. The van der Waals surface area contributed by atoms with Gasteiger partial charge in [-0.05, 0) is 40.8 Å². The zero-order chi connectivity index (χ0) is 15.3. The van der Waals surface area contributed by atoms with Crippen molar-refractivity contribution in [1.29, 1.82) is 0 Å². The van der Waals surface area contributed by atoms with E-state index in [-0.39, 0.29) is 21.7 Å². The average Bonchev–Trinajstić information content (AvgIpc) is 2.66. The largest absolute Gasteiger partial charge is 0.369 e. The van der Waals surface area contributed by atoms with Crippen LogP contribution in [0.5, 0.6) is 0 Å². The highest BCUT2D eigenvalue weighted by molar-refractivity contribution is 14.1. The monoisotopic (exact) mass is 439 g/mol. The predicted octanol–water partition coefficient (Wildman–Crippen LogP) is 4.80. The van der Waals surface area contributed by atoms with Crippen molar-refractivity contribution in [2.75, 3.05) is 5.73 Å². The molecule has 0 saturated carbocycles. The van der Waals surface area contributed by atoms with E-state index in [9.17, 15) is 8.78 Å². The molecular formula is C13H6Cl2F2IN3. The normalized spacial score (nSPS) is 11.3. The number of hydrogen-bond donors (Lipinski definition) is 1. The van der Waals surface area contributed by atoms with E-state index in [4.69, 9.17) is 28.9 Å². The second-order valence-corrected chi connectivity index (χ2v) is 6.26. The molecule has 8 heteroatoms. The molecule has 0 saturated heterocycles. The minimum absolute atomic E-state index is 0.0601. The first-order valence-corrected chi connectivity index (χ1v) is 7.50. The van der Waals surface area contributed by atoms with Crippen LogP contribution in [0.15, 0.2) is 24.3 Å². The van der Waals surface area contributed by atoms with Crippen LogP contribution in [0.3, 0.4) is 0 Å². The third-order valence-corrected chi connectivity index (χ3v) is 4.33. The summed E-state index contributed by atoms with van der Waals surface area (Å²) in [7, 11) is 0. The van der Waals surface area contributed by atoms with Gasteiger partial charge in [0.1, 0.15) is 11.6 Å². The molecule has 108 valence electrons. The van der Waals surface area contributed by atoms with Crippen molar-refractivity contribution in [1.82, 2.24) is 9.55 Å². The van der Waals surface area contributed by atoms with Crippen LogP contribution in [-0.2, 0) is 0 Å². The molecule has 0 unspecified atom stereocenters. The van der Waals surface area contributed by atoms with Gasteiger partial charge in [0, 0.05) is 6.07 Å². The number of halogens is 5. The molecule has 0 atom stereocenters. The Labute approximate surface area is 141 Å². The van der Waals surface area contributed by atoms with E-state index in [2.05, 4.69) is 4.98 Å². The van der Waals surface area contributed by atoms with Crippen LogP contribution in [0.4, 0.5) is 14.7 Å². The number of aromatic nitrogens is 2. The van der Waals surface area contributed by atoms with E-state index >= 15 is 0 Å². The molecule has 21 heavy (non-hydrogen) atoms. The average molecular weight is 440 g/mol. The van der Waals surface area contributed by atoms with E-state index in [1.807, 2.05) is 22.6 Å². The number of rotatable bonds is 1. The Morgan fingerprint density at radius 2 is 1.71 bits per heavy atom. The standard InChI is InChI=1S/C13H6Cl2F2IN3/c14-6-1-5(16)2-7(15)12(6)21-11-3-8(17)9(18)4-10(11)20-13(21)19/h1-4H,(H2,19,20). The fourth-order valence-electron chi connectivity index (χ4n) is 2.07. The summed E-state index contributed by atoms with van der Waals surface area (Å²) >= 11 is 14.0. The topological polar surface area (TPSA) is 43.8 Å². The van der Waals surface area contributed by atoms with Crippen LogP contribution >= 0.6 is 45.8 Å². The Balaban J connectivity index is 2.41. The zero-order valence-corrected chi connectivity index (χ0v) is 13.8. The van der Waals surface area contributed by atoms with Gasteiger partial charge in [-0.25, -0.2) is 13.8 Å². The van der Waals surface area contributed by atoms with Gasteiger partial charge in [-0.2, -0.15) is 0 Å². The molecule has 3 rings (SSSR count). The number of nitrogens with zero attached hydrogens (tertiary/aromatic N) is 2. The molecule has 0 aliphatic carbocycles. The molecule has 0 spiro atoms. The second-order valence-electron chi connectivity index (χ2n) is 4.28. The van der Waals surface area contributed by atoms with Gasteiger partial charge < -0.3 is 5.73 Å². The summed E-state index contributed by atoms with van der Waals surface area (Å²) in [5.41, 5.74) is 7.04. The van der Waals surface area contributed by atoms with Gasteiger partial charge in [0.15, 0.2) is 0 Å². The molecule has 2 aromatic carbocycles. The third-order valence-electron chi connectivity index (χ3n) is 2.93. The second kappa shape index (κ2) is 5.26. The SMILES string of the molecule is Nc1nc2cc(I)c(F)cc2n1-c1c(Cl)cc(F)cc1Cl. The first-order valence-electron chi connectivity index (χ1n) is 5.66. The molecule has 0 bridgehead atoms. The van der Waals surface area contributed by atoms with Crippen molar-refractivity contribution >= 4 is 62.8 Å². The fraction of sp³-hybridized carbons (Fsp3) is 0. The van der Waals surface area contributed by atoms with Gasteiger partial charge in [0.2, 0.25) is 5.95 Å². The quantitative estimate of drug-likeness (QED) is 0.553. The Morgan fingerprint density at radius 1 is 1.10 bits per heavy atom. The van der Waals surface area contributed by atoms with E-state index in [1.165, 1.54) is 10.6 Å². The van der Waals surface area contributed by atoms with E-state index < -0.39 is 11.6 Å². The van der Waals surface area contributed by atoms with Crippen molar-refractivity contribution in [3.8, 4) is 5.69 Å². The maximum absolute atomic E-state index is 13.8. The van der Waals surface area contributed by atoms with E-state index in [1.54, 1.807) is 6.07 Å². The summed E-state index contributed by atoms with van der Waals surface area (Å²) in [5.74, 6) is -0.905. The molecule has 3 aromatic rings. The van der Waals surface area contributed by atoms with Crippen LogP contribution in [0, 0.1) is 15.2 Å². The van der Waals surface area contributed by atoms with E-state index in [0.29, 0.717) is 14.6 Å². The van der Waals surface area contributed by atoms with Gasteiger partial charge in [0.05, 0.1) is 30.3 Å². The van der Waals surface area contributed by atoms with Gasteiger partial charge in [0.25, 0.3) is 0 Å². The number of nitrogen functional groups attached to an aromatic ring is 1. The van der Waals surface area contributed by atoms with Crippen molar-refractivity contribution in [2.45, 2.75) is 0 Å². The molecule has 0 aliphatic heterocycles. The summed E-state index contributed by atoms with van der Waals surface area (Å²) < 4.78 is 28.9. The number of nitrogens with two attached hydrogens (primary N) is 1. The van der Waals surface area contributed by atoms with Gasteiger partial charge in [-0.3, -0.25) is 4.57 Å². The van der Waals surface area contributed by atoms with E-state index in [0.717, 1.165) is 12.1 Å². The zero-order valence-electron chi connectivity index (χ0n) is 10.2. The molecule has 2 N–H and O–H groups in total. The minimum atomic E-state index is -0.572. The highest BCUT2D eigenvalue weighted by Gasteiger charge is 2.18. The number of benzene rings is 2. The molecule has 0 radical (unpaired) electrons. The summed E-state index contributed by atoms with van der Waals surface area (Å²) in [4.78, 5) is 4.15. The molecule has 3 nitrogen and oxygen atoms in total. The minimum Gasteiger partial charge on any atom is -0.369 e. The molecule has 1 aromatic heterocycles. The lowest BCUT2D eigenvalue weighted by molar-refractivity contribution is 0.621. The van der Waals surface area contributed by atoms with Gasteiger partial charge in [-0.15, -0.1) is 0 Å². The fourth-order valence-corrected chi connectivity index (χ4v) is 3.15. The number of hydrogen-bond acceptors (Lipinski definition) is 2. The van der Waals surface area contributed by atoms with Crippen LogP contribution in [-0.4, -0.2) is 9.55 Å². The maximum Gasteiger partial charge on any atom is 0.206 e. The first-order chi connectivity index (χ1) is 9.88. The van der Waals surface area contributed by atoms with Crippen molar-refractivity contribution in [3.63, 3.8) is 0 Å². The van der Waals surface area contributed by atoms with Crippen LogP contribution in [0.1, 0.15) is 0 Å². The van der Waals surface area contributed by atoms with Crippen molar-refractivity contribution in [3.05, 3.63) is 49.5 Å².